The molecular weight excluding hydrogens is 338 g/mol. The Morgan fingerprint density at radius 2 is 1.84 bits per heavy atom. The summed E-state index contributed by atoms with van der Waals surface area (Å²) in [5.41, 5.74) is 2.59. The van der Waals surface area contributed by atoms with Crippen LogP contribution in [0.1, 0.15) is 46.0 Å². The molecule has 0 radical (unpaired) electrons. The number of nitrogens with one attached hydrogen (secondary N) is 1. The third kappa shape index (κ3) is 3.44. The largest absolute Gasteiger partial charge is 0.486 e. The first-order valence-electron chi connectivity index (χ1n) is 8.19. The maximum Gasteiger partial charge on any atom is 0.192 e. The van der Waals surface area contributed by atoms with E-state index in [2.05, 4.69) is 4.98 Å². The van der Waals surface area contributed by atoms with E-state index >= 15 is 0 Å². The molecule has 2 heterocycles. The Labute approximate surface area is 151 Å². The monoisotopic (exact) mass is 359 g/mol. The van der Waals surface area contributed by atoms with Crippen molar-refractivity contribution in [2.24, 2.45) is 0 Å². The molecular formula is C19H21NO4S. The minimum atomic E-state index is -0.292. The van der Waals surface area contributed by atoms with E-state index in [0.29, 0.717) is 30.2 Å². The van der Waals surface area contributed by atoms with Gasteiger partial charge in [0.15, 0.2) is 23.1 Å². The standard InChI is InChI=1S/C19H21NO4S/c1-10-17(12(3)21)11(2)20-18(10)19(22)13(4)25-14-5-6-15-16(9-14)24-8-7-23-15/h5-6,9,13,20H,7-8H2,1-4H3. The molecule has 0 bridgehead atoms. The number of hydrogen-bond donors (Lipinski definition) is 1. The molecule has 2 aromatic rings. The second kappa shape index (κ2) is 6.96. The van der Waals surface area contributed by atoms with E-state index in [1.54, 1.807) is 0 Å². The van der Waals surface area contributed by atoms with Gasteiger partial charge in [-0.2, -0.15) is 0 Å². The number of ether oxygens (including phenoxy) is 2. The van der Waals surface area contributed by atoms with Crippen LogP contribution in [0.2, 0.25) is 0 Å². The van der Waals surface area contributed by atoms with Gasteiger partial charge in [0.25, 0.3) is 0 Å². The summed E-state index contributed by atoms with van der Waals surface area (Å²) in [5, 5.41) is -0.292. The van der Waals surface area contributed by atoms with E-state index in [9.17, 15) is 9.59 Å². The highest BCUT2D eigenvalue weighted by molar-refractivity contribution is 8.00. The maximum absolute atomic E-state index is 12.8. The van der Waals surface area contributed by atoms with Gasteiger partial charge in [0, 0.05) is 16.2 Å². The van der Waals surface area contributed by atoms with E-state index in [1.807, 2.05) is 39.0 Å². The summed E-state index contributed by atoms with van der Waals surface area (Å²) in [6.45, 7) is 8.11. The van der Waals surface area contributed by atoms with Crippen molar-refractivity contribution in [2.75, 3.05) is 13.2 Å². The molecule has 0 amide bonds. The van der Waals surface area contributed by atoms with E-state index in [4.69, 9.17) is 9.47 Å². The predicted molar refractivity (Wildman–Crippen MR) is 97.4 cm³/mol. The molecule has 6 heteroatoms. The molecule has 1 unspecified atom stereocenters. The molecule has 0 spiro atoms. The second-order valence-electron chi connectivity index (χ2n) is 6.11. The third-order valence-corrected chi connectivity index (χ3v) is 5.33. The van der Waals surface area contributed by atoms with Gasteiger partial charge in [-0.05, 0) is 51.5 Å². The number of H-pyrrole nitrogens is 1. The van der Waals surface area contributed by atoms with Gasteiger partial charge in [0.05, 0.1) is 10.9 Å². The van der Waals surface area contributed by atoms with Crippen LogP contribution in [0.25, 0.3) is 0 Å². The number of aromatic nitrogens is 1. The number of rotatable bonds is 5. The minimum absolute atomic E-state index is 0.0204. The van der Waals surface area contributed by atoms with Crippen LogP contribution in [0.3, 0.4) is 0 Å². The molecule has 0 fully saturated rings. The zero-order valence-corrected chi connectivity index (χ0v) is 15.6. The van der Waals surface area contributed by atoms with E-state index in [1.165, 1.54) is 18.7 Å². The van der Waals surface area contributed by atoms with Gasteiger partial charge in [0.2, 0.25) is 0 Å². The zero-order chi connectivity index (χ0) is 18.1. The smallest absolute Gasteiger partial charge is 0.192 e. The van der Waals surface area contributed by atoms with Gasteiger partial charge in [-0.25, -0.2) is 0 Å². The number of thioether (sulfide) groups is 1. The SMILES string of the molecule is CC(=O)c1c(C)[nH]c(C(=O)C(C)Sc2ccc3c(c2)OCCO3)c1C. The summed E-state index contributed by atoms with van der Waals surface area (Å²) in [6, 6.07) is 5.69. The summed E-state index contributed by atoms with van der Waals surface area (Å²) in [6.07, 6.45) is 0. The number of ketones is 2. The second-order valence-corrected chi connectivity index (χ2v) is 7.53. The van der Waals surface area contributed by atoms with Crippen LogP contribution in [0.15, 0.2) is 23.1 Å². The molecule has 132 valence electrons. The number of carbonyl (C=O) groups excluding carboxylic acids is 2. The summed E-state index contributed by atoms with van der Waals surface area (Å²) in [4.78, 5) is 28.6. The molecule has 1 aliphatic rings. The lowest BCUT2D eigenvalue weighted by Gasteiger charge is -2.19. The summed E-state index contributed by atoms with van der Waals surface area (Å²) < 4.78 is 11.1. The minimum Gasteiger partial charge on any atom is -0.486 e. The van der Waals surface area contributed by atoms with Crippen LogP contribution in [-0.4, -0.2) is 35.0 Å². The lowest BCUT2D eigenvalue weighted by Crippen LogP contribution is -2.16. The van der Waals surface area contributed by atoms with Crippen molar-refractivity contribution in [3.8, 4) is 11.5 Å². The fourth-order valence-corrected chi connectivity index (χ4v) is 4.04. The zero-order valence-electron chi connectivity index (χ0n) is 14.8. The van der Waals surface area contributed by atoms with Crippen molar-refractivity contribution < 1.29 is 19.1 Å². The van der Waals surface area contributed by atoms with Crippen molar-refractivity contribution in [3.63, 3.8) is 0 Å². The fourth-order valence-electron chi connectivity index (χ4n) is 3.08. The predicted octanol–water partition coefficient (Wildman–Crippen LogP) is 3.97. The van der Waals surface area contributed by atoms with Crippen LogP contribution in [-0.2, 0) is 0 Å². The lowest BCUT2D eigenvalue weighted by atomic mass is 10.0. The normalized spacial score (nSPS) is 14.2. The van der Waals surface area contributed by atoms with Gasteiger partial charge in [-0.1, -0.05) is 0 Å². The molecule has 3 rings (SSSR count). The quantitative estimate of drug-likeness (QED) is 0.646. The van der Waals surface area contributed by atoms with Gasteiger partial charge < -0.3 is 14.5 Å². The fraction of sp³-hybridized carbons (Fsp3) is 0.368. The van der Waals surface area contributed by atoms with Crippen molar-refractivity contribution in [1.29, 1.82) is 0 Å². The molecule has 1 atom stereocenters. The summed E-state index contributed by atoms with van der Waals surface area (Å²) in [7, 11) is 0. The topological polar surface area (TPSA) is 68.4 Å². The number of aromatic amines is 1. The van der Waals surface area contributed by atoms with Crippen LogP contribution in [0, 0.1) is 13.8 Å². The van der Waals surface area contributed by atoms with Crippen LogP contribution in [0.4, 0.5) is 0 Å². The highest BCUT2D eigenvalue weighted by Gasteiger charge is 2.24. The molecule has 25 heavy (non-hydrogen) atoms. The average molecular weight is 359 g/mol. The van der Waals surface area contributed by atoms with Crippen LogP contribution >= 0.6 is 11.8 Å². The number of carbonyl (C=O) groups is 2. The number of aryl methyl sites for hydroxylation is 1. The van der Waals surface area contributed by atoms with Gasteiger partial charge in [-0.3, -0.25) is 9.59 Å². The van der Waals surface area contributed by atoms with Crippen molar-refractivity contribution in [1.82, 2.24) is 4.98 Å². The molecule has 0 saturated carbocycles. The maximum atomic E-state index is 12.8. The van der Waals surface area contributed by atoms with E-state index in [0.717, 1.165) is 21.9 Å². The van der Waals surface area contributed by atoms with Gasteiger partial charge in [0.1, 0.15) is 13.2 Å². The molecule has 1 aliphatic heterocycles. The number of hydrogen-bond acceptors (Lipinski definition) is 5. The van der Waals surface area contributed by atoms with Gasteiger partial charge >= 0.3 is 0 Å². The molecule has 1 aromatic heterocycles. The Hall–Kier alpha value is -2.21. The Morgan fingerprint density at radius 1 is 1.16 bits per heavy atom. The van der Waals surface area contributed by atoms with Crippen LogP contribution in [0.5, 0.6) is 11.5 Å². The number of benzene rings is 1. The first-order valence-corrected chi connectivity index (χ1v) is 9.07. The van der Waals surface area contributed by atoms with Crippen LogP contribution < -0.4 is 9.47 Å². The Balaban J connectivity index is 1.79. The van der Waals surface area contributed by atoms with Crippen molar-refractivity contribution in [2.45, 2.75) is 37.8 Å². The lowest BCUT2D eigenvalue weighted by molar-refractivity contribution is 0.0988. The molecule has 0 aliphatic carbocycles. The van der Waals surface area contributed by atoms with Crippen molar-refractivity contribution in [3.05, 3.63) is 40.7 Å². The average Bonchev–Trinajstić information content (AvgIpc) is 2.88. The number of fused-ring (bicyclic) bond motifs is 1. The highest BCUT2D eigenvalue weighted by Crippen LogP contribution is 2.36. The first kappa shape index (κ1) is 17.6. The molecule has 1 N–H and O–H groups in total. The Bertz CT molecular complexity index is 840. The van der Waals surface area contributed by atoms with Crippen molar-refractivity contribution >= 4 is 23.3 Å². The van der Waals surface area contributed by atoms with E-state index < -0.39 is 0 Å². The van der Waals surface area contributed by atoms with E-state index in [-0.39, 0.29) is 16.8 Å². The molecule has 5 nitrogen and oxygen atoms in total. The third-order valence-electron chi connectivity index (χ3n) is 4.23. The van der Waals surface area contributed by atoms with Gasteiger partial charge in [-0.15, -0.1) is 11.8 Å². The number of Topliss-reactive ketones (excluding diaryl/α,β-unsaturated/α-hetero) is 2. The molecule has 0 saturated heterocycles. The summed E-state index contributed by atoms with van der Waals surface area (Å²) >= 11 is 1.46. The Kier molecular flexibility index (Phi) is 4.90. The summed E-state index contributed by atoms with van der Waals surface area (Å²) in [5.74, 6) is 1.39. The highest BCUT2D eigenvalue weighted by atomic mass is 32.2. The molecule has 1 aromatic carbocycles. The Morgan fingerprint density at radius 3 is 2.48 bits per heavy atom. The first-order chi connectivity index (χ1) is 11.9.